The van der Waals surface area contributed by atoms with Gasteiger partial charge < -0.3 is 14.6 Å². The maximum absolute atomic E-state index is 13.6. The lowest BCUT2D eigenvalue weighted by atomic mass is 10.0. The number of hydrogen-bond acceptors (Lipinski definition) is 3. The van der Waals surface area contributed by atoms with E-state index in [1.165, 1.54) is 0 Å². The average molecular weight is 264 g/mol. The third-order valence-electron chi connectivity index (χ3n) is 2.96. The molecule has 0 bridgehead atoms. The Bertz CT molecular complexity index is 628. The lowest BCUT2D eigenvalue weighted by Gasteiger charge is -2.13. The van der Waals surface area contributed by atoms with Crippen LogP contribution in [-0.4, -0.2) is 11.9 Å². The number of rotatable bonds is 2. The van der Waals surface area contributed by atoms with E-state index in [9.17, 15) is 13.9 Å². The highest BCUT2D eigenvalue weighted by molar-refractivity contribution is 5.46. The Morgan fingerprint density at radius 3 is 2.63 bits per heavy atom. The molecule has 19 heavy (non-hydrogen) atoms. The van der Waals surface area contributed by atoms with Crippen molar-refractivity contribution in [2.24, 2.45) is 0 Å². The van der Waals surface area contributed by atoms with Crippen LogP contribution in [0.2, 0.25) is 0 Å². The van der Waals surface area contributed by atoms with Crippen LogP contribution in [0.15, 0.2) is 36.4 Å². The molecule has 0 aliphatic carbocycles. The summed E-state index contributed by atoms with van der Waals surface area (Å²) in [6.45, 7) is 0.114. The second-order valence-electron chi connectivity index (χ2n) is 4.18. The Hall–Kier alpha value is -2.14. The summed E-state index contributed by atoms with van der Waals surface area (Å²) in [5, 5.41) is 10.1. The highest BCUT2D eigenvalue weighted by atomic mass is 19.1. The molecule has 1 heterocycles. The van der Waals surface area contributed by atoms with Crippen molar-refractivity contribution in [1.82, 2.24) is 0 Å². The maximum Gasteiger partial charge on any atom is 0.231 e. The first-order valence-corrected chi connectivity index (χ1v) is 5.68. The van der Waals surface area contributed by atoms with Gasteiger partial charge in [0.25, 0.3) is 0 Å². The topological polar surface area (TPSA) is 38.7 Å². The van der Waals surface area contributed by atoms with Crippen LogP contribution in [0.1, 0.15) is 17.2 Å². The number of hydrogen-bond donors (Lipinski definition) is 1. The molecule has 0 amide bonds. The van der Waals surface area contributed by atoms with Crippen molar-refractivity contribution in [2.45, 2.75) is 6.10 Å². The minimum atomic E-state index is -1.26. The van der Waals surface area contributed by atoms with Crippen molar-refractivity contribution in [3.8, 4) is 11.5 Å². The molecule has 3 nitrogen and oxygen atoms in total. The number of aliphatic hydroxyl groups is 1. The van der Waals surface area contributed by atoms with E-state index in [-0.39, 0.29) is 12.4 Å². The monoisotopic (exact) mass is 264 g/mol. The molecule has 0 radical (unpaired) electrons. The van der Waals surface area contributed by atoms with Crippen LogP contribution < -0.4 is 9.47 Å². The van der Waals surface area contributed by atoms with E-state index in [1.807, 2.05) is 0 Å². The molecule has 3 rings (SSSR count). The van der Waals surface area contributed by atoms with Gasteiger partial charge in [-0.3, -0.25) is 0 Å². The van der Waals surface area contributed by atoms with Crippen molar-refractivity contribution in [3.05, 3.63) is 59.2 Å². The SMILES string of the molecule is OC(c1ccc2c(c1)OCO2)c1cc(F)ccc1F. The molecule has 98 valence electrons. The predicted octanol–water partition coefficient (Wildman–Crippen LogP) is 2.78. The summed E-state index contributed by atoms with van der Waals surface area (Å²) < 4.78 is 37.0. The molecule has 0 spiro atoms. The molecule has 2 aromatic carbocycles. The molecule has 0 saturated heterocycles. The summed E-state index contributed by atoms with van der Waals surface area (Å²) in [6.07, 6.45) is -1.26. The van der Waals surface area contributed by atoms with Crippen molar-refractivity contribution in [3.63, 3.8) is 0 Å². The number of ether oxygens (including phenoxy) is 2. The quantitative estimate of drug-likeness (QED) is 0.906. The predicted molar refractivity (Wildman–Crippen MR) is 63.0 cm³/mol. The Morgan fingerprint density at radius 2 is 1.79 bits per heavy atom. The van der Waals surface area contributed by atoms with Crippen LogP contribution in [0.4, 0.5) is 8.78 Å². The molecular weight excluding hydrogens is 254 g/mol. The number of benzene rings is 2. The van der Waals surface area contributed by atoms with Gasteiger partial charge in [0.1, 0.15) is 17.7 Å². The second-order valence-corrected chi connectivity index (χ2v) is 4.18. The molecule has 1 aliphatic rings. The molecule has 0 aromatic heterocycles. The van der Waals surface area contributed by atoms with Gasteiger partial charge in [0, 0.05) is 5.56 Å². The van der Waals surface area contributed by atoms with E-state index in [0.717, 1.165) is 18.2 Å². The van der Waals surface area contributed by atoms with Gasteiger partial charge in [-0.25, -0.2) is 8.78 Å². The second kappa shape index (κ2) is 4.51. The Morgan fingerprint density at radius 1 is 1.00 bits per heavy atom. The van der Waals surface area contributed by atoms with Gasteiger partial charge in [-0.15, -0.1) is 0 Å². The number of fused-ring (bicyclic) bond motifs is 1. The Labute approximate surface area is 108 Å². The molecular formula is C14H10F2O3. The summed E-state index contributed by atoms with van der Waals surface area (Å²) in [6, 6.07) is 7.73. The normalized spacial score (nSPS) is 14.5. The van der Waals surface area contributed by atoms with Crippen LogP contribution in [0.5, 0.6) is 11.5 Å². The Kier molecular flexibility index (Phi) is 2.83. The van der Waals surface area contributed by atoms with Crippen LogP contribution in [0.25, 0.3) is 0 Å². The van der Waals surface area contributed by atoms with Gasteiger partial charge in [0.15, 0.2) is 11.5 Å². The average Bonchev–Trinajstić information content (AvgIpc) is 2.88. The van der Waals surface area contributed by atoms with E-state index in [0.29, 0.717) is 17.1 Å². The maximum atomic E-state index is 13.6. The summed E-state index contributed by atoms with van der Waals surface area (Å²) in [5.74, 6) is -0.216. The molecule has 5 heteroatoms. The highest BCUT2D eigenvalue weighted by Gasteiger charge is 2.20. The molecule has 2 aromatic rings. The highest BCUT2D eigenvalue weighted by Crippen LogP contribution is 2.36. The van der Waals surface area contributed by atoms with Crippen molar-refractivity contribution >= 4 is 0 Å². The van der Waals surface area contributed by atoms with Gasteiger partial charge in [-0.05, 0) is 35.9 Å². The first-order chi connectivity index (χ1) is 9.15. The third-order valence-corrected chi connectivity index (χ3v) is 2.96. The van der Waals surface area contributed by atoms with E-state index >= 15 is 0 Å². The standard InChI is InChI=1S/C14H10F2O3/c15-9-2-3-11(16)10(6-9)14(17)8-1-4-12-13(5-8)19-7-18-12/h1-6,14,17H,7H2. The first-order valence-electron chi connectivity index (χ1n) is 5.68. The lowest BCUT2D eigenvalue weighted by molar-refractivity contribution is 0.173. The first kappa shape index (κ1) is 11.9. The van der Waals surface area contributed by atoms with E-state index in [1.54, 1.807) is 18.2 Å². The number of halogens is 2. The van der Waals surface area contributed by atoms with Crippen LogP contribution >= 0.6 is 0 Å². The molecule has 1 atom stereocenters. The smallest absolute Gasteiger partial charge is 0.231 e. The fraction of sp³-hybridized carbons (Fsp3) is 0.143. The van der Waals surface area contributed by atoms with Gasteiger partial charge in [0.05, 0.1) is 0 Å². The minimum absolute atomic E-state index is 0.112. The van der Waals surface area contributed by atoms with Crippen molar-refractivity contribution in [2.75, 3.05) is 6.79 Å². The molecule has 1 aliphatic heterocycles. The van der Waals surface area contributed by atoms with Crippen molar-refractivity contribution < 1.29 is 23.4 Å². The van der Waals surface area contributed by atoms with Gasteiger partial charge in [-0.2, -0.15) is 0 Å². The van der Waals surface area contributed by atoms with E-state index in [4.69, 9.17) is 9.47 Å². The zero-order valence-corrected chi connectivity index (χ0v) is 9.77. The molecule has 0 fully saturated rings. The minimum Gasteiger partial charge on any atom is -0.454 e. The summed E-state index contributed by atoms with van der Waals surface area (Å²) >= 11 is 0. The van der Waals surface area contributed by atoms with E-state index in [2.05, 4.69) is 0 Å². The third kappa shape index (κ3) is 2.13. The zero-order chi connectivity index (χ0) is 13.4. The zero-order valence-electron chi connectivity index (χ0n) is 9.77. The van der Waals surface area contributed by atoms with Crippen LogP contribution in [0.3, 0.4) is 0 Å². The molecule has 0 saturated carbocycles. The van der Waals surface area contributed by atoms with Crippen LogP contribution in [-0.2, 0) is 0 Å². The molecule has 1 N–H and O–H groups in total. The van der Waals surface area contributed by atoms with Crippen molar-refractivity contribution in [1.29, 1.82) is 0 Å². The fourth-order valence-corrected chi connectivity index (χ4v) is 1.99. The fourth-order valence-electron chi connectivity index (χ4n) is 1.99. The van der Waals surface area contributed by atoms with Gasteiger partial charge in [-0.1, -0.05) is 6.07 Å². The van der Waals surface area contributed by atoms with Gasteiger partial charge >= 0.3 is 0 Å². The van der Waals surface area contributed by atoms with Gasteiger partial charge in [0.2, 0.25) is 6.79 Å². The summed E-state index contributed by atoms with van der Waals surface area (Å²) in [4.78, 5) is 0. The summed E-state index contributed by atoms with van der Waals surface area (Å²) in [5.41, 5.74) is 0.299. The summed E-state index contributed by atoms with van der Waals surface area (Å²) in [7, 11) is 0. The molecule has 1 unspecified atom stereocenters. The Balaban J connectivity index is 1.99. The largest absolute Gasteiger partial charge is 0.454 e. The van der Waals surface area contributed by atoms with Crippen LogP contribution in [0, 0.1) is 11.6 Å². The number of aliphatic hydroxyl groups excluding tert-OH is 1. The lowest BCUT2D eigenvalue weighted by Crippen LogP contribution is -2.03. The van der Waals surface area contributed by atoms with E-state index < -0.39 is 17.7 Å².